The van der Waals surface area contributed by atoms with E-state index in [-0.39, 0.29) is 30.8 Å². The highest BCUT2D eigenvalue weighted by Gasteiger charge is 2.44. The second-order valence-corrected chi connectivity index (χ2v) is 8.47. The van der Waals surface area contributed by atoms with Gasteiger partial charge in [0.05, 0.1) is 24.7 Å². The smallest absolute Gasteiger partial charge is 0.182 e. The van der Waals surface area contributed by atoms with E-state index >= 15 is 0 Å². The zero-order valence-electron chi connectivity index (χ0n) is 16.1. The van der Waals surface area contributed by atoms with Crippen LogP contribution in [0.15, 0.2) is 30.3 Å². The Balaban J connectivity index is 1.65. The van der Waals surface area contributed by atoms with E-state index in [1.165, 1.54) is 18.2 Å². The van der Waals surface area contributed by atoms with Gasteiger partial charge in [-0.25, -0.2) is 13.2 Å². The van der Waals surface area contributed by atoms with Crippen LogP contribution in [0.4, 0.5) is 24.5 Å². The van der Waals surface area contributed by atoms with E-state index in [0.29, 0.717) is 22.2 Å². The molecule has 1 atom stereocenters. The lowest BCUT2D eigenvalue weighted by Crippen LogP contribution is -2.69. The summed E-state index contributed by atoms with van der Waals surface area (Å²) in [5.41, 5.74) is -0.560. The second-order valence-electron chi connectivity index (χ2n) is 7.22. The van der Waals surface area contributed by atoms with Gasteiger partial charge in [-0.1, -0.05) is 6.07 Å². The van der Waals surface area contributed by atoms with Crippen molar-refractivity contribution >= 4 is 34.0 Å². The largest absolute Gasteiger partial charge is 0.386 e. The highest BCUT2D eigenvalue weighted by Crippen LogP contribution is 2.29. The number of hydrogen-bond donors (Lipinski definition) is 3. The van der Waals surface area contributed by atoms with Crippen molar-refractivity contribution in [2.45, 2.75) is 25.2 Å². The fraction of sp³-hybridized carbons (Fsp3) is 0.400. The molecule has 2 aromatic rings. The standard InChI is InChI=1S/C20H23F3IN3O2/c1-12(25-2)20(28)9-27(10-20)11-29-8-13-3-5-15(21)18(23)19(13)26-17-6-4-14(24)7-16(17)22/h3-7,12,25-26,28H,8-11H2,1-2H3. The third-order valence-electron chi connectivity index (χ3n) is 5.14. The minimum absolute atomic E-state index is 0.00201. The summed E-state index contributed by atoms with van der Waals surface area (Å²) in [6.45, 7) is 3.04. The quantitative estimate of drug-likeness (QED) is 0.464. The van der Waals surface area contributed by atoms with Crippen LogP contribution in [-0.4, -0.2) is 48.5 Å². The van der Waals surface area contributed by atoms with E-state index in [0.717, 1.165) is 6.07 Å². The number of benzene rings is 2. The summed E-state index contributed by atoms with van der Waals surface area (Å²) < 4.78 is 48.6. The Bertz CT molecular complexity index is 878. The molecule has 158 valence electrons. The third-order valence-corrected chi connectivity index (χ3v) is 5.81. The number of rotatable bonds is 8. The number of anilines is 2. The zero-order chi connectivity index (χ0) is 21.2. The molecular weight excluding hydrogens is 498 g/mol. The highest BCUT2D eigenvalue weighted by atomic mass is 127. The van der Waals surface area contributed by atoms with Crippen LogP contribution in [0.1, 0.15) is 12.5 Å². The molecule has 0 spiro atoms. The Morgan fingerprint density at radius 2 is 1.93 bits per heavy atom. The maximum Gasteiger partial charge on any atom is 0.182 e. The minimum Gasteiger partial charge on any atom is -0.386 e. The van der Waals surface area contributed by atoms with Crippen molar-refractivity contribution in [2.24, 2.45) is 0 Å². The van der Waals surface area contributed by atoms with Gasteiger partial charge in [-0.05, 0) is 60.8 Å². The van der Waals surface area contributed by atoms with Crippen molar-refractivity contribution < 1.29 is 23.0 Å². The lowest BCUT2D eigenvalue weighted by molar-refractivity contribution is -0.152. The molecule has 1 aliphatic rings. The maximum absolute atomic E-state index is 14.4. The summed E-state index contributed by atoms with van der Waals surface area (Å²) in [7, 11) is 1.79. The predicted octanol–water partition coefficient (Wildman–Crippen LogP) is 3.58. The number of hydrogen-bond acceptors (Lipinski definition) is 5. The molecule has 0 saturated carbocycles. The first kappa shape index (κ1) is 22.3. The van der Waals surface area contributed by atoms with E-state index in [1.807, 2.05) is 34.4 Å². The van der Waals surface area contributed by atoms with Crippen molar-refractivity contribution in [1.82, 2.24) is 10.2 Å². The van der Waals surface area contributed by atoms with Crippen LogP contribution in [0.5, 0.6) is 0 Å². The number of nitrogens with zero attached hydrogens (tertiary/aromatic N) is 1. The highest BCUT2D eigenvalue weighted by molar-refractivity contribution is 14.1. The average molecular weight is 521 g/mol. The topological polar surface area (TPSA) is 56.8 Å². The van der Waals surface area contributed by atoms with Crippen LogP contribution in [0.25, 0.3) is 0 Å². The number of likely N-dealkylation sites (tertiary alicyclic amines) is 1. The van der Waals surface area contributed by atoms with Crippen LogP contribution in [-0.2, 0) is 11.3 Å². The Morgan fingerprint density at radius 1 is 1.21 bits per heavy atom. The summed E-state index contributed by atoms with van der Waals surface area (Å²) in [6, 6.07) is 6.80. The number of β-amino-alcohol motifs (C(OH)–C–C–N with tert-alkyl or cyclic N) is 1. The minimum atomic E-state index is -1.09. The second kappa shape index (κ2) is 9.17. The lowest BCUT2D eigenvalue weighted by atomic mass is 9.87. The van der Waals surface area contributed by atoms with Crippen LogP contribution in [0, 0.1) is 21.0 Å². The summed E-state index contributed by atoms with van der Waals surface area (Å²) in [5, 5.41) is 16.1. The normalized spacial score (nSPS) is 17.1. The van der Waals surface area contributed by atoms with Gasteiger partial charge < -0.3 is 20.5 Å². The molecule has 0 radical (unpaired) electrons. The molecule has 1 heterocycles. The third kappa shape index (κ3) is 5.02. The molecule has 0 aromatic heterocycles. The van der Waals surface area contributed by atoms with Gasteiger partial charge in [0, 0.05) is 28.3 Å². The molecule has 0 bridgehead atoms. The van der Waals surface area contributed by atoms with Crippen molar-refractivity contribution in [2.75, 3.05) is 32.2 Å². The van der Waals surface area contributed by atoms with Crippen molar-refractivity contribution in [3.05, 3.63) is 56.9 Å². The van der Waals surface area contributed by atoms with Gasteiger partial charge in [-0.2, -0.15) is 0 Å². The Kier molecular flexibility index (Phi) is 7.05. The molecule has 3 rings (SSSR count). The van der Waals surface area contributed by atoms with Crippen LogP contribution < -0.4 is 10.6 Å². The number of aliphatic hydroxyl groups is 1. The van der Waals surface area contributed by atoms with E-state index in [9.17, 15) is 18.3 Å². The fourth-order valence-corrected chi connectivity index (χ4v) is 3.67. The first-order chi connectivity index (χ1) is 13.7. The molecule has 9 heteroatoms. The average Bonchev–Trinajstić information content (AvgIpc) is 2.66. The van der Waals surface area contributed by atoms with Gasteiger partial charge in [0.2, 0.25) is 0 Å². The summed E-state index contributed by atoms with van der Waals surface area (Å²) in [5.74, 6) is -2.69. The summed E-state index contributed by atoms with van der Waals surface area (Å²) in [6.07, 6.45) is 0. The zero-order valence-corrected chi connectivity index (χ0v) is 18.3. The first-order valence-electron chi connectivity index (χ1n) is 9.12. The van der Waals surface area contributed by atoms with Crippen LogP contribution in [0.3, 0.4) is 0 Å². The SMILES string of the molecule is CNC(C)C1(O)CN(COCc2ccc(F)c(F)c2Nc2ccc(I)cc2F)C1. The Morgan fingerprint density at radius 3 is 2.59 bits per heavy atom. The number of nitrogens with one attached hydrogen (secondary N) is 2. The molecule has 29 heavy (non-hydrogen) atoms. The van der Waals surface area contributed by atoms with Gasteiger partial charge in [-0.15, -0.1) is 0 Å². The summed E-state index contributed by atoms with van der Waals surface area (Å²) in [4.78, 5) is 1.90. The monoisotopic (exact) mass is 521 g/mol. The molecule has 2 aromatic carbocycles. The molecule has 0 aliphatic carbocycles. The van der Waals surface area contributed by atoms with E-state index in [1.54, 1.807) is 13.1 Å². The van der Waals surface area contributed by atoms with Crippen molar-refractivity contribution in [3.8, 4) is 0 Å². The summed E-state index contributed by atoms with van der Waals surface area (Å²) >= 11 is 1.97. The molecular formula is C20H23F3IN3O2. The Labute approximate surface area is 181 Å². The van der Waals surface area contributed by atoms with Gasteiger partial charge in [-0.3, -0.25) is 4.90 Å². The van der Waals surface area contributed by atoms with Gasteiger partial charge in [0.15, 0.2) is 11.6 Å². The van der Waals surface area contributed by atoms with E-state index in [2.05, 4.69) is 10.6 Å². The van der Waals surface area contributed by atoms with E-state index in [4.69, 9.17) is 4.74 Å². The molecule has 1 saturated heterocycles. The molecule has 0 amide bonds. The molecule has 1 fully saturated rings. The molecule has 1 unspecified atom stereocenters. The molecule has 1 aliphatic heterocycles. The van der Waals surface area contributed by atoms with Gasteiger partial charge in [0.1, 0.15) is 11.4 Å². The maximum atomic E-state index is 14.4. The van der Waals surface area contributed by atoms with Gasteiger partial charge >= 0.3 is 0 Å². The van der Waals surface area contributed by atoms with Crippen molar-refractivity contribution in [3.63, 3.8) is 0 Å². The number of ether oxygens (including phenoxy) is 1. The number of halogens is 4. The van der Waals surface area contributed by atoms with E-state index < -0.39 is 23.1 Å². The van der Waals surface area contributed by atoms with Gasteiger partial charge in [0.25, 0.3) is 0 Å². The van der Waals surface area contributed by atoms with Crippen LogP contribution >= 0.6 is 22.6 Å². The molecule has 3 N–H and O–H groups in total. The predicted molar refractivity (Wildman–Crippen MR) is 113 cm³/mol. The Hall–Kier alpha value is -1.40. The van der Waals surface area contributed by atoms with Crippen molar-refractivity contribution in [1.29, 1.82) is 0 Å². The molecule has 5 nitrogen and oxygen atoms in total. The fourth-order valence-electron chi connectivity index (χ4n) is 3.22. The lowest BCUT2D eigenvalue weighted by Gasteiger charge is -2.49. The first-order valence-corrected chi connectivity index (χ1v) is 10.2. The number of likely N-dealkylation sites (N-methyl/N-ethyl adjacent to an activating group) is 1. The van der Waals surface area contributed by atoms with Crippen LogP contribution in [0.2, 0.25) is 0 Å².